The van der Waals surface area contributed by atoms with Crippen molar-refractivity contribution in [2.75, 3.05) is 5.43 Å². The zero-order valence-corrected chi connectivity index (χ0v) is 22.8. The number of hydrogen-bond acceptors (Lipinski definition) is 6. The third-order valence-electron chi connectivity index (χ3n) is 6.54. The van der Waals surface area contributed by atoms with Crippen LogP contribution in [0.2, 0.25) is 0 Å². The summed E-state index contributed by atoms with van der Waals surface area (Å²) in [6.07, 6.45) is -9.82. The van der Waals surface area contributed by atoms with Gasteiger partial charge in [-0.2, -0.15) is 26.3 Å². The maximum Gasteiger partial charge on any atom is 0.420 e. The summed E-state index contributed by atoms with van der Waals surface area (Å²) in [6, 6.07) is 1.58. The third kappa shape index (κ3) is 6.67. The summed E-state index contributed by atoms with van der Waals surface area (Å²) in [5, 5.41) is 19.5. The maximum absolute atomic E-state index is 14.2. The number of carboxylic acids is 2. The molecule has 0 fully saturated rings. The minimum absolute atomic E-state index is 0.0522. The molecule has 0 bridgehead atoms. The predicted octanol–water partition coefficient (Wildman–Crippen LogP) is 6.04. The number of benzene rings is 2. The molecule has 2 aromatic carbocycles. The number of rotatable bonds is 10. The Labute approximate surface area is 239 Å². The molecule has 3 aromatic rings. The van der Waals surface area contributed by atoms with E-state index in [0.29, 0.717) is 10.9 Å². The van der Waals surface area contributed by atoms with E-state index < -0.39 is 70.5 Å². The molecule has 43 heavy (non-hydrogen) atoms. The van der Waals surface area contributed by atoms with Crippen molar-refractivity contribution in [1.29, 1.82) is 0 Å². The summed E-state index contributed by atoms with van der Waals surface area (Å²) >= 11 is 0. The van der Waals surface area contributed by atoms with Gasteiger partial charge in [-0.15, -0.1) is 0 Å². The number of carbonyl (C=O) groups excluding carboxylic acids is 2. The van der Waals surface area contributed by atoms with Crippen LogP contribution in [0.1, 0.15) is 50.3 Å². The Morgan fingerprint density at radius 1 is 0.977 bits per heavy atom. The van der Waals surface area contributed by atoms with Gasteiger partial charge >= 0.3 is 30.2 Å². The number of H-pyrrole nitrogens is 1. The van der Waals surface area contributed by atoms with Crippen LogP contribution in [0.15, 0.2) is 36.5 Å². The second kappa shape index (κ2) is 11.5. The molecule has 0 aliphatic rings. The second-order valence-electron chi connectivity index (χ2n) is 10.3. The van der Waals surface area contributed by atoms with E-state index in [1.807, 2.05) is 13.8 Å². The van der Waals surface area contributed by atoms with Gasteiger partial charge < -0.3 is 19.9 Å². The van der Waals surface area contributed by atoms with Crippen LogP contribution in [0, 0.1) is 5.41 Å². The molecule has 16 heteroatoms. The van der Waals surface area contributed by atoms with E-state index in [0.717, 1.165) is 25.5 Å². The van der Waals surface area contributed by atoms with Gasteiger partial charge in [-0.3, -0.25) is 19.8 Å². The zero-order valence-electron chi connectivity index (χ0n) is 22.8. The van der Waals surface area contributed by atoms with Crippen LogP contribution in [0.25, 0.3) is 10.9 Å². The molecule has 0 saturated carbocycles. The number of carboxylic acid groups (broad SMARTS) is 2. The van der Waals surface area contributed by atoms with E-state index in [1.54, 1.807) is 11.6 Å². The summed E-state index contributed by atoms with van der Waals surface area (Å²) in [4.78, 5) is 50.2. The summed E-state index contributed by atoms with van der Waals surface area (Å²) in [5.74, 6) is -7.67. The molecule has 10 nitrogen and oxygen atoms in total. The van der Waals surface area contributed by atoms with Crippen molar-refractivity contribution < 1.29 is 60.5 Å². The third-order valence-corrected chi connectivity index (χ3v) is 6.54. The average Bonchev–Trinajstić information content (AvgIpc) is 3.30. The minimum Gasteiger partial charge on any atom is -0.481 e. The highest BCUT2D eigenvalue weighted by Crippen LogP contribution is 2.48. The number of nitrogens with zero attached hydrogens (tertiary/aromatic N) is 1. The van der Waals surface area contributed by atoms with Crippen LogP contribution in [-0.2, 0) is 31.5 Å². The van der Waals surface area contributed by atoms with Gasteiger partial charge in [-0.05, 0) is 55.7 Å². The van der Waals surface area contributed by atoms with Crippen molar-refractivity contribution in [1.82, 2.24) is 9.99 Å². The Hall–Kier alpha value is -4.76. The molecule has 0 spiro atoms. The SMILES string of the molecule is CC(C)c1c[nH]c2ccc(Oc3c(C(F)(F)F)cc(NN(C(=O)C=O)C(C(=O)O)C(C)(C)C(=O)O)cc3C(F)(F)F)cc12. The molecule has 1 heterocycles. The number of nitrogens with one attached hydrogen (secondary N) is 2. The normalized spacial score (nSPS) is 13.1. The number of fused-ring (bicyclic) bond motifs is 1. The van der Waals surface area contributed by atoms with E-state index in [4.69, 9.17) is 4.74 Å². The summed E-state index contributed by atoms with van der Waals surface area (Å²) in [6.45, 7) is 5.31. The molecule has 232 valence electrons. The number of aromatic amines is 1. The lowest BCUT2D eigenvalue weighted by atomic mass is 9.84. The van der Waals surface area contributed by atoms with Crippen molar-refractivity contribution in [3.8, 4) is 11.5 Å². The first-order valence-electron chi connectivity index (χ1n) is 12.3. The lowest BCUT2D eigenvalue weighted by molar-refractivity contribution is -0.165. The lowest BCUT2D eigenvalue weighted by Gasteiger charge is -2.36. The molecule has 0 aliphatic carbocycles. The Kier molecular flexibility index (Phi) is 8.75. The van der Waals surface area contributed by atoms with Crippen LogP contribution in [-0.4, -0.2) is 50.4 Å². The first-order chi connectivity index (χ1) is 19.7. The van der Waals surface area contributed by atoms with Gasteiger partial charge in [0.15, 0.2) is 11.8 Å². The monoisotopic (exact) mass is 617 g/mol. The number of aliphatic carboxylic acids is 2. The number of hydrazine groups is 1. The topological polar surface area (TPSA) is 149 Å². The van der Waals surface area contributed by atoms with E-state index in [2.05, 4.69) is 4.98 Å². The molecular formula is C27H25F6N3O7. The van der Waals surface area contributed by atoms with Gasteiger partial charge in [0.05, 0.1) is 11.1 Å². The van der Waals surface area contributed by atoms with Crippen LogP contribution < -0.4 is 10.2 Å². The van der Waals surface area contributed by atoms with Crippen LogP contribution in [0.3, 0.4) is 0 Å². The summed E-state index contributed by atoms with van der Waals surface area (Å²) in [7, 11) is 0. The van der Waals surface area contributed by atoms with E-state index in [9.17, 15) is 55.7 Å². The lowest BCUT2D eigenvalue weighted by Crippen LogP contribution is -2.58. The van der Waals surface area contributed by atoms with Gasteiger partial charge in [-0.25, -0.2) is 9.80 Å². The molecule has 4 N–H and O–H groups in total. The van der Waals surface area contributed by atoms with Crippen LogP contribution in [0.5, 0.6) is 11.5 Å². The van der Waals surface area contributed by atoms with Crippen molar-refractivity contribution >= 4 is 40.7 Å². The van der Waals surface area contributed by atoms with E-state index >= 15 is 0 Å². The van der Waals surface area contributed by atoms with E-state index in [1.165, 1.54) is 12.1 Å². The van der Waals surface area contributed by atoms with Gasteiger partial charge in [-0.1, -0.05) is 13.8 Å². The number of anilines is 1. The zero-order chi connectivity index (χ0) is 32.7. The highest BCUT2D eigenvalue weighted by atomic mass is 19.4. The van der Waals surface area contributed by atoms with Gasteiger partial charge in [0, 0.05) is 17.1 Å². The Balaban J connectivity index is 2.24. The smallest absolute Gasteiger partial charge is 0.420 e. The molecule has 0 radical (unpaired) electrons. The molecule has 1 unspecified atom stereocenters. The molecule has 1 aromatic heterocycles. The standard InChI is InChI=1S/C27H25F6N3O7/c1-12(2)16-10-34-19-6-5-14(9-15(16)19)43-21-17(26(28,29)30)7-13(8-18(21)27(31,32)33)35-36(20(38)11-37)22(23(39)40)25(3,4)24(41)42/h5-12,22,34-35H,1-4H3,(H,39,40)(H,41,42). The van der Waals surface area contributed by atoms with Crippen LogP contribution in [0.4, 0.5) is 32.0 Å². The van der Waals surface area contributed by atoms with Crippen molar-refractivity contribution in [3.05, 3.63) is 53.2 Å². The molecule has 3 rings (SSSR count). The highest BCUT2D eigenvalue weighted by Gasteiger charge is 2.48. The number of amides is 1. The first kappa shape index (κ1) is 32.8. The van der Waals surface area contributed by atoms with Crippen LogP contribution >= 0.6 is 0 Å². The Bertz CT molecular complexity index is 1540. The minimum atomic E-state index is -5.49. The molecule has 0 aliphatic heterocycles. The Morgan fingerprint density at radius 2 is 1.53 bits per heavy atom. The maximum atomic E-state index is 14.2. The second-order valence-corrected chi connectivity index (χ2v) is 10.3. The van der Waals surface area contributed by atoms with E-state index in [-0.39, 0.29) is 28.8 Å². The average molecular weight is 617 g/mol. The van der Waals surface area contributed by atoms with Crippen molar-refractivity contribution in [2.24, 2.45) is 5.41 Å². The quantitative estimate of drug-likeness (QED) is 0.0932. The number of ether oxygens (including phenoxy) is 1. The first-order valence-corrected chi connectivity index (χ1v) is 12.3. The fourth-order valence-electron chi connectivity index (χ4n) is 4.31. The highest BCUT2D eigenvalue weighted by molar-refractivity contribution is 6.24. The summed E-state index contributed by atoms with van der Waals surface area (Å²) in [5.41, 5.74) is -4.40. The largest absolute Gasteiger partial charge is 0.481 e. The van der Waals surface area contributed by atoms with Crippen molar-refractivity contribution in [2.45, 2.75) is 52.0 Å². The van der Waals surface area contributed by atoms with Gasteiger partial charge in [0.1, 0.15) is 16.9 Å². The van der Waals surface area contributed by atoms with Crippen molar-refractivity contribution in [3.63, 3.8) is 0 Å². The fourth-order valence-corrected chi connectivity index (χ4v) is 4.31. The fraction of sp³-hybridized carbons (Fsp3) is 0.333. The number of hydrogen-bond donors (Lipinski definition) is 4. The predicted molar refractivity (Wildman–Crippen MR) is 138 cm³/mol. The molecule has 1 atom stereocenters. The number of carbonyl (C=O) groups is 4. The summed E-state index contributed by atoms with van der Waals surface area (Å²) < 4.78 is 90.6. The number of aldehydes is 1. The molecule has 0 saturated heterocycles. The van der Waals surface area contributed by atoms with Gasteiger partial charge in [0.25, 0.3) is 0 Å². The number of halogens is 6. The Morgan fingerprint density at radius 3 is 1.98 bits per heavy atom. The number of alkyl halides is 6. The number of aromatic nitrogens is 1. The molecule has 1 amide bonds. The molecular weight excluding hydrogens is 592 g/mol. The van der Waals surface area contributed by atoms with Gasteiger partial charge in [0.2, 0.25) is 6.29 Å².